The zero-order chi connectivity index (χ0) is 24.4. The zero-order valence-electron chi connectivity index (χ0n) is 18.5. The molecule has 0 atom stereocenters. The number of thioether (sulfide) groups is 1. The van der Waals surface area contributed by atoms with Gasteiger partial charge in [-0.15, -0.1) is 5.10 Å². The number of halogens is 2. The van der Waals surface area contributed by atoms with Crippen LogP contribution in [-0.4, -0.2) is 37.9 Å². The van der Waals surface area contributed by atoms with E-state index < -0.39 is 5.97 Å². The van der Waals surface area contributed by atoms with E-state index in [4.69, 9.17) is 16.3 Å². The van der Waals surface area contributed by atoms with Gasteiger partial charge in [-0.1, -0.05) is 27.5 Å². The highest BCUT2D eigenvalue weighted by Crippen LogP contribution is 2.33. The summed E-state index contributed by atoms with van der Waals surface area (Å²) in [5, 5.41) is 17.7. The number of hydrogen-bond acceptors (Lipinski definition) is 5. The second-order valence-electron chi connectivity index (χ2n) is 7.37. The van der Waals surface area contributed by atoms with Crippen LogP contribution in [0.1, 0.15) is 17.0 Å². The predicted octanol–water partition coefficient (Wildman–Crippen LogP) is 6.52. The number of methoxy groups -OCH3 is 1. The zero-order valence-corrected chi connectivity index (χ0v) is 21.6. The largest absolute Gasteiger partial charge is 0.496 e. The fourth-order valence-electron chi connectivity index (χ4n) is 3.57. The number of nitrogens with zero attached hydrogens (tertiary/aromatic N) is 3. The third-order valence-corrected chi connectivity index (χ3v) is 6.78. The van der Waals surface area contributed by atoms with Crippen molar-refractivity contribution < 1.29 is 14.6 Å². The number of aromatic nitrogens is 4. The van der Waals surface area contributed by atoms with Gasteiger partial charge in [0.05, 0.1) is 12.7 Å². The van der Waals surface area contributed by atoms with Gasteiger partial charge in [0, 0.05) is 26.6 Å². The molecule has 2 N–H and O–H groups in total. The highest BCUT2D eigenvalue weighted by Gasteiger charge is 2.18. The van der Waals surface area contributed by atoms with Crippen LogP contribution in [0.5, 0.6) is 5.75 Å². The molecule has 0 saturated heterocycles. The van der Waals surface area contributed by atoms with E-state index in [1.807, 2.05) is 44.2 Å². The van der Waals surface area contributed by atoms with E-state index in [9.17, 15) is 9.90 Å². The Morgan fingerprint density at radius 2 is 1.94 bits per heavy atom. The van der Waals surface area contributed by atoms with Gasteiger partial charge < -0.3 is 14.4 Å². The number of aryl methyl sites for hydroxylation is 1. The van der Waals surface area contributed by atoms with Crippen LogP contribution in [0.25, 0.3) is 23.2 Å². The molecule has 0 saturated carbocycles. The second-order valence-corrected chi connectivity index (χ2v) is 9.73. The minimum atomic E-state index is -1.06. The number of nitrogens with one attached hydrogen (secondary N) is 1. The summed E-state index contributed by atoms with van der Waals surface area (Å²) in [7, 11) is 1.55. The van der Waals surface area contributed by atoms with Gasteiger partial charge in [0.25, 0.3) is 0 Å². The van der Waals surface area contributed by atoms with E-state index in [-0.39, 0.29) is 10.1 Å². The van der Waals surface area contributed by atoms with Gasteiger partial charge in [0.1, 0.15) is 10.7 Å². The normalized spacial score (nSPS) is 11.6. The third kappa shape index (κ3) is 5.06. The summed E-state index contributed by atoms with van der Waals surface area (Å²) in [6, 6.07) is 15.1. The Balaban J connectivity index is 1.66. The van der Waals surface area contributed by atoms with Crippen molar-refractivity contribution in [1.82, 2.24) is 19.7 Å². The van der Waals surface area contributed by atoms with Crippen LogP contribution in [0.2, 0.25) is 5.02 Å². The Bertz CT molecular complexity index is 1400. The number of aliphatic carboxylic acids is 1. The van der Waals surface area contributed by atoms with Crippen LogP contribution < -0.4 is 4.74 Å². The van der Waals surface area contributed by atoms with Crippen molar-refractivity contribution in [3.8, 4) is 22.8 Å². The molecule has 4 aromatic rings. The molecule has 0 bridgehead atoms. The fourth-order valence-corrected chi connectivity index (χ4v) is 4.71. The lowest BCUT2D eigenvalue weighted by Crippen LogP contribution is -2.00. The molecule has 4 rings (SSSR count). The fraction of sp³-hybridized carbons (Fsp3) is 0.125. The van der Waals surface area contributed by atoms with Crippen LogP contribution in [0.4, 0.5) is 0 Å². The lowest BCUT2D eigenvalue weighted by atomic mass is 10.2. The molecule has 0 unspecified atom stereocenters. The molecule has 0 radical (unpaired) electrons. The summed E-state index contributed by atoms with van der Waals surface area (Å²) < 4.78 is 8.44. The molecule has 10 heteroatoms. The van der Waals surface area contributed by atoms with E-state index in [0.29, 0.717) is 22.2 Å². The first-order valence-electron chi connectivity index (χ1n) is 10.1. The number of benzene rings is 2. The van der Waals surface area contributed by atoms with E-state index >= 15 is 0 Å². The average molecular weight is 560 g/mol. The number of carbonyl (C=O) groups is 1. The summed E-state index contributed by atoms with van der Waals surface area (Å²) in [5.41, 5.74) is 4.36. The summed E-state index contributed by atoms with van der Waals surface area (Å²) in [6.07, 6.45) is 1.64. The van der Waals surface area contributed by atoms with Crippen LogP contribution in [0.3, 0.4) is 0 Å². The number of aromatic amines is 1. The number of carboxylic acids is 1. The summed E-state index contributed by atoms with van der Waals surface area (Å²) in [5.74, 6) is -0.0587. The summed E-state index contributed by atoms with van der Waals surface area (Å²) in [6.45, 7) is 3.95. The molecule has 7 nitrogen and oxygen atoms in total. The van der Waals surface area contributed by atoms with Crippen LogP contribution in [0.15, 0.2) is 63.1 Å². The Kier molecular flexibility index (Phi) is 7.16. The molecule has 0 amide bonds. The Labute approximate surface area is 214 Å². The first kappa shape index (κ1) is 24.1. The number of hydrogen-bond donors (Lipinski definition) is 2. The third-order valence-electron chi connectivity index (χ3n) is 5.14. The van der Waals surface area contributed by atoms with Crippen molar-refractivity contribution in [3.63, 3.8) is 0 Å². The lowest BCUT2D eigenvalue weighted by molar-refractivity contribution is -0.131. The molecule has 34 heavy (non-hydrogen) atoms. The molecule has 0 aliphatic heterocycles. The number of H-pyrrole nitrogens is 1. The first-order valence-corrected chi connectivity index (χ1v) is 12.1. The maximum absolute atomic E-state index is 12.0. The Morgan fingerprint density at radius 3 is 2.62 bits per heavy atom. The average Bonchev–Trinajstić information content (AvgIpc) is 3.38. The molecule has 2 heterocycles. The van der Waals surface area contributed by atoms with Crippen LogP contribution >= 0.6 is 39.3 Å². The van der Waals surface area contributed by atoms with Gasteiger partial charge in [-0.25, -0.2) is 9.78 Å². The van der Waals surface area contributed by atoms with Crippen molar-refractivity contribution in [2.75, 3.05) is 7.11 Å². The lowest BCUT2D eigenvalue weighted by Gasteiger charge is -2.09. The topological polar surface area (TPSA) is 93.0 Å². The Morgan fingerprint density at radius 1 is 1.21 bits per heavy atom. The molecule has 0 aliphatic rings. The van der Waals surface area contributed by atoms with E-state index in [0.717, 1.165) is 38.9 Å². The maximum atomic E-state index is 12.0. The highest BCUT2D eigenvalue weighted by atomic mass is 79.9. The monoisotopic (exact) mass is 558 g/mol. The molecular formula is C24H20BrClN4O3S. The molecular weight excluding hydrogens is 540 g/mol. The minimum Gasteiger partial charge on any atom is -0.496 e. The molecule has 0 aliphatic carbocycles. The van der Waals surface area contributed by atoms with Gasteiger partial charge in [0.15, 0.2) is 5.82 Å². The van der Waals surface area contributed by atoms with E-state index in [1.54, 1.807) is 31.4 Å². The second kappa shape index (κ2) is 10.1. The summed E-state index contributed by atoms with van der Waals surface area (Å²) >= 11 is 10.5. The highest BCUT2D eigenvalue weighted by molar-refractivity contribution is 9.10. The Hall–Kier alpha value is -3.01. The SMILES string of the molecule is COc1ccc(Cl)cc1-c1nc(S/C(=C\c2cc(C)n(-c3ccc(Br)cc3)c2C)C(=O)O)n[nH]1. The molecule has 2 aromatic heterocycles. The van der Waals surface area contributed by atoms with Gasteiger partial charge in [-0.3, -0.25) is 5.10 Å². The van der Waals surface area contributed by atoms with Crippen molar-refractivity contribution in [2.24, 2.45) is 0 Å². The summed E-state index contributed by atoms with van der Waals surface area (Å²) in [4.78, 5) is 16.6. The van der Waals surface area contributed by atoms with Crippen LogP contribution in [-0.2, 0) is 4.79 Å². The van der Waals surface area contributed by atoms with Gasteiger partial charge in [0.2, 0.25) is 5.16 Å². The molecule has 0 spiro atoms. The molecule has 174 valence electrons. The van der Waals surface area contributed by atoms with Crippen molar-refractivity contribution in [1.29, 1.82) is 0 Å². The van der Waals surface area contributed by atoms with Crippen LogP contribution in [0, 0.1) is 13.8 Å². The van der Waals surface area contributed by atoms with Gasteiger partial charge in [-0.05, 0) is 85.8 Å². The predicted molar refractivity (Wildman–Crippen MR) is 138 cm³/mol. The van der Waals surface area contributed by atoms with Crippen molar-refractivity contribution >= 4 is 51.3 Å². The molecule has 0 fully saturated rings. The quantitative estimate of drug-likeness (QED) is 0.198. The number of carboxylic acid groups (broad SMARTS) is 1. The smallest absolute Gasteiger partial charge is 0.342 e. The first-order chi connectivity index (χ1) is 16.3. The van der Waals surface area contributed by atoms with Crippen molar-refractivity contribution in [2.45, 2.75) is 19.0 Å². The number of rotatable bonds is 7. The minimum absolute atomic E-state index is 0.0969. The van der Waals surface area contributed by atoms with Gasteiger partial charge in [-0.2, -0.15) is 0 Å². The number of ether oxygens (including phenoxy) is 1. The van der Waals surface area contributed by atoms with E-state index in [2.05, 4.69) is 35.7 Å². The van der Waals surface area contributed by atoms with Crippen molar-refractivity contribution in [3.05, 3.63) is 79.9 Å². The van der Waals surface area contributed by atoms with E-state index in [1.165, 1.54) is 0 Å². The maximum Gasteiger partial charge on any atom is 0.342 e. The molecule has 2 aromatic carbocycles. The van der Waals surface area contributed by atoms with Gasteiger partial charge >= 0.3 is 5.97 Å². The standard InChI is InChI=1S/C24H20BrClN4O3S/c1-13-10-15(14(2)30(13)18-7-4-16(25)5-8-18)11-21(23(31)32)34-24-27-22(28-29-24)19-12-17(26)6-9-20(19)33-3/h4-12H,1-3H3,(H,31,32)(H,27,28,29)/b21-11-.